The van der Waals surface area contributed by atoms with Gasteiger partial charge in [0.2, 0.25) is 0 Å². The summed E-state index contributed by atoms with van der Waals surface area (Å²) in [6.45, 7) is 0.551. The third-order valence-electron chi connectivity index (χ3n) is 2.97. The molecule has 7 heteroatoms. The van der Waals surface area contributed by atoms with Gasteiger partial charge in [0.15, 0.2) is 0 Å². The van der Waals surface area contributed by atoms with Crippen molar-refractivity contribution in [1.29, 1.82) is 10.5 Å². The molecule has 22 heavy (non-hydrogen) atoms. The van der Waals surface area contributed by atoms with Crippen LogP contribution >= 0.6 is 15.9 Å². The van der Waals surface area contributed by atoms with Crippen molar-refractivity contribution in [2.45, 2.75) is 12.8 Å². The molecule has 1 aromatic carbocycles. The van der Waals surface area contributed by atoms with E-state index >= 15 is 0 Å². The molecule has 0 spiro atoms. The number of rotatable bonds is 7. The minimum atomic E-state index is -0.269. The predicted molar refractivity (Wildman–Crippen MR) is 83.6 cm³/mol. The van der Waals surface area contributed by atoms with Crippen LogP contribution in [0.2, 0.25) is 0 Å². The van der Waals surface area contributed by atoms with E-state index in [-0.39, 0.29) is 31.8 Å². The number of methoxy groups -OCH3 is 2. The molecule has 0 radical (unpaired) electrons. The lowest BCUT2D eigenvalue weighted by Gasteiger charge is -2.21. The Hall–Kier alpha value is -2.25. The molecule has 1 amide bonds. The van der Waals surface area contributed by atoms with Crippen LogP contribution < -0.4 is 9.47 Å². The number of hydrogen-bond donors (Lipinski definition) is 0. The van der Waals surface area contributed by atoms with Gasteiger partial charge < -0.3 is 14.4 Å². The lowest BCUT2D eigenvalue weighted by atomic mass is 10.1. The largest absolute Gasteiger partial charge is 0.495 e. The molecular weight excluding hydrogens is 350 g/mol. The fourth-order valence-corrected chi connectivity index (χ4v) is 2.41. The molecule has 1 rings (SSSR count). The van der Waals surface area contributed by atoms with Crippen molar-refractivity contribution in [1.82, 2.24) is 4.90 Å². The number of carbonyl (C=O) groups is 1. The van der Waals surface area contributed by atoms with Crippen molar-refractivity contribution in [3.05, 3.63) is 22.2 Å². The van der Waals surface area contributed by atoms with Gasteiger partial charge in [0.05, 0.1) is 39.2 Å². The lowest BCUT2D eigenvalue weighted by molar-refractivity contribution is 0.0761. The summed E-state index contributed by atoms with van der Waals surface area (Å²) in [6, 6.07) is 7.20. The van der Waals surface area contributed by atoms with Crippen LogP contribution in [0.15, 0.2) is 16.6 Å². The van der Waals surface area contributed by atoms with Gasteiger partial charge in [0.1, 0.15) is 16.0 Å². The predicted octanol–water partition coefficient (Wildman–Crippen LogP) is 2.74. The van der Waals surface area contributed by atoms with Gasteiger partial charge in [0.25, 0.3) is 5.91 Å². The van der Waals surface area contributed by atoms with Gasteiger partial charge in [0, 0.05) is 18.7 Å². The molecule has 0 saturated heterocycles. The SMILES string of the molecule is COc1cc(C(=O)N(CCC#N)CCC#N)cc(OC)c1Br. The molecule has 0 heterocycles. The van der Waals surface area contributed by atoms with E-state index in [2.05, 4.69) is 15.9 Å². The molecule has 0 aliphatic carbocycles. The molecule has 0 saturated carbocycles. The molecule has 0 aliphatic rings. The van der Waals surface area contributed by atoms with Crippen molar-refractivity contribution < 1.29 is 14.3 Å². The number of nitriles is 2. The number of halogens is 1. The Morgan fingerprint density at radius 1 is 1.14 bits per heavy atom. The van der Waals surface area contributed by atoms with Gasteiger partial charge in [-0.25, -0.2) is 0 Å². The summed E-state index contributed by atoms with van der Waals surface area (Å²) >= 11 is 3.34. The summed E-state index contributed by atoms with van der Waals surface area (Å²) < 4.78 is 11.1. The van der Waals surface area contributed by atoms with E-state index in [0.29, 0.717) is 21.5 Å². The zero-order valence-corrected chi connectivity index (χ0v) is 14.0. The third kappa shape index (κ3) is 4.37. The van der Waals surface area contributed by atoms with E-state index in [1.54, 1.807) is 12.1 Å². The third-order valence-corrected chi connectivity index (χ3v) is 3.75. The van der Waals surface area contributed by atoms with Crippen molar-refractivity contribution in [2.24, 2.45) is 0 Å². The number of ether oxygens (including phenoxy) is 2. The highest BCUT2D eigenvalue weighted by Crippen LogP contribution is 2.35. The van der Waals surface area contributed by atoms with Crippen molar-refractivity contribution >= 4 is 21.8 Å². The first kappa shape index (κ1) is 17.8. The topological polar surface area (TPSA) is 86.4 Å². The van der Waals surface area contributed by atoms with Crippen LogP contribution in [0.4, 0.5) is 0 Å². The highest BCUT2D eigenvalue weighted by atomic mass is 79.9. The Balaban J connectivity index is 3.12. The molecule has 0 fully saturated rings. The Kier molecular flexibility index (Phi) is 7.21. The smallest absolute Gasteiger partial charge is 0.254 e. The summed E-state index contributed by atoms with van der Waals surface area (Å²) in [5, 5.41) is 17.4. The standard InChI is InChI=1S/C15H16BrN3O3/c1-21-12-9-11(10-13(22-2)14(12)16)15(20)19(7-3-5-17)8-4-6-18/h9-10H,3-4,7-8H2,1-2H3. The fraction of sp³-hybridized carbons (Fsp3) is 0.400. The quantitative estimate of drug-likeness (QED) is 0.741. The van der Waals surface area contributed by atoms with E-state index in [1.807, 2.05) is 12.1 Å². The first-order chi connectivity index (χ1) is 10.6. The highest BCUT2D eigenvalue weighted by molar-refractivity contribution is 9.10. The minimum absolute atomic E-state index is 0.210. The molecular formula is C15H16BrN3O3. The average Bonchev–Trinajstić information content (AvgIpc) is 2.54. The minimum Gasteiger partial charge on any atom is -0.495 e. The number of benzene rings is 1. The van der Waals surface area contributed by atoms with E-state index in [9.17, 15) is 4.79 Å². The summed E-state index contributed by atoms with van der Waals surface area (Å²) in [7, 11) is 2.99. The van der Waals surface area contributed by atoms with Crippen LogP contribution in [0.3, 0.4) is 0 Å². The van der Waals surface area contributed by atoms with Crippen molar-refractivity contribution in [3.63, 3.8) is 0 Å². The monoisotopic (exact) mass is 365 g/mol. The summed E-state index contributed by atoms with van der Waals surface area (Å²) in [6.07, 6.45) is 0.421. The maximum atomic E-state index is 12.6. The van der Waals surface area contributed by atoms with Crippen LogP contribution in [-0.2, 0) is 0 Å². The number of hydrogen-bond acceptors (Lipinski definition) is 5. The van der Waals surface area contributed by atoms with Crippen LogP contribution in [0.1, 0.15) is 23.2 Å². The molecule has 0 atom stereocenters. The van der Waals surface area contributed by atoms with E-state index < -0.39 is 0 Å². The maximum absolute atomic E-state index is 12.6. The molecule has 6 nitrogen and oxygen atoms in total. The zero-order chi connectivity index (χ0) is 16.5. The summed E-state index contributed by atoms with van der Waals surface area (Å²) in [5.74, 6) is 0.682. The Labute approximate surface area is 138 Å². The second-order valence-electron chi connectivity index (χ2n) is 4.30. The Morgan fingerprint density at radius 3 is 1.95 bits per heavy atom. The highest BCUT2D eigenvalue weighted by Gasteiger charge is 2.19. The molecule has 0 N–H and O–H groups in total. The zero-order valence-electron chi connectivity index (χ0n) is 12.4. The van der Waals surface area contributed by atoms with Gasteiger partial charge in [-0.2, -0.15) is 10.5 Å². The maximum Gasteiger partial charge on any atom is 0.254 e. The van der Waals surface area contributed by atoms with Gasteiger partial charge in [-0.15, -0.1) is 0 Å². The molecule has 0 bridgehead atoms. The van der Waals surface area contributed by atoms with E-state index in [1.165, 1.54) is 19.1 Å². The lowest BCUT2D eigenvalue weighted by Crippen LogP contribution is -2.32. The molecule has 1 aromatic rings. The Bertz CT molecular complexity index is 576. The second kappa shape index (κ2) is 8.91. The average molecular weight is 366 g/mol. The van der Waals surface area contributed by atoms with Crippen molar-refractivity contribution in [3.8, 4) is 23.6 Å². The molecule has 116 valence electrons. The van der Waals surface area contributed by atoms with Gasteiger partial charge >= 0.3 is 0 Å². The first-order valence-corrected chi connectivity index (χ1v) is 7.33. The van der Waals surface area contributed by atoms with E-state index in [0.717, 1.165) is 0 Å². The number of nitrogens with zero attached hydrogens (tertiary/aromatic N) is 3. The number of carbonyl (C=O) groups excluding carboxylic acids is 1. The van der Waals surface area contributed by atoms with E-state index in [4.69, 9.17) is 20.0 Å². The Morgan fingerprint density at radius 2 is 1.59 bits per heavy atom. The number of amides is 1. The molecule has 0 aliphatic heterocycles. The summed E-state index contributed by atoms with van der Waals surface area (Å²) in [4.78, 5) is 14.1. The van der Waals surface area contributed by atoms with Crippen LogP contribution in [0.5, 0.6) is 11.5 Å². The fourth-order valence-electron chi connectivity index (χ4n) is 1.86. The van der Waals surface area contributed by atoms with Crippen LogP contribution in [0.25, 0.3) is 0 Å². The van der Waals surface area contributed by atoms with Crippen LogP contribution in [0, 0.1) is 22.7 Å². The second-order valence-corrected chi connectivity index (χ2v) is 5.10. The summed E-state index contributed by atoms with van der Waals surface area (Å²) in [5.41, 5.74) is 0.382. The molecule has 0 unspecified atom stereocenters. The van der Waals surface area contributed by atoms with Gasteiger partial charge in [-0.3, -0.25) is 4.79 Å². The normalized spacial score (nSPS) is 9.50. The van der Waals surface area contributed by atoms with Gasteiger partial charge in [-0.05, 0) is 28.1 Å². The molecule has 0 aromatic heterocycles. The van der Waals surface area contributed by atoms with Crippen LogP contribution in [-0.4, -0.2) is 38.1 Å². The van der Waals surface area contributed by atoms with Gasteiger partial charge in [-0.1, -0.05) is 0 Å². The first-order valence-electron chi connectivity index (χ1n) is 6.53. The van der Waals surface area contributed by atoms with Crippen molar-refractivity contribution in [2.75, 3.05) is 27.3 Å².